The molecule has 1 heterocycles. The Hall–Kier alpha value is -2.57. The number of nitrogens with zero attached hydrogens (tertiary/aromatic N) is 1. The number of carbonyl (C=O) groups excluding carboxylic acids is 1. The number of amides is 2. The fourth-order valence-corrected chi connectivity index (χ4v) is 2.94. The summed E-state index contributed by atoms with van der Waals surface area (Å²) in [7, 11) is 0. The molecule has 0 bridgehead atoms. The molecule has 0 aliphatic carbocycles. The summed E-state index contributed by atoms with van der Waals surface area (Å²) in [6.45, 7) is 1.86. The molecule has 1 aliphatic heterocycles. The summed E-state index contributed by atoms with van der Waals surface area (Å²) in [5, 5.41) is 12.2. The van der Waals surface area contributed by atoms with Crippen molar-refractivity contribution in [2.24, 2.45) is 0 Å². The van der Waals surface area contributed by atoms with Crippen molar-refractivity contribution in [2.75, 3.05) is 31.7 Å². The number of para-hydroxylation sites is 2. The SMILES string of the molecule is O=C(Nc1ccccc1COc1ccccc1)N1CCOC[C@@H]1CCO. The zero-order chi connectivity index (χ0) is 18.2. The number of anilines is 1. The normalized spacial score (nSPS) is 17.0. The molecular weight excluding hydrogens is 332 g/mol. The van der Waals surface area contributed by atoms with E-state index in [1.165, 1.54) is 0 Å². The molecule has 3 rings (SSSR count). The van der Waals surface area contributed by atoms with Gasteiger partial charge < -0.3 is 24.8 Å². The highest BCUT2D eigenvalue weighted by Gasteiger charge is 2.27. The maximum atomic E-state index is 12.7. The van der Waals surface area contributed by atoms with Crippen molar-refractivity contribution < 1.29 is 19.4 Å². The van der Waals surface area contributed by atoms with E-state index < -0.39 is 0 Å². The van der Waals surface area contributed by atoms with Gasteiger partial charge in [0.1, 0.15) is 12.4 Å². The standard InChI is InChI=1S/C20H24N2O4/c23-12-10-17-15-25-13-11-22(17)20(24)21-19-9-5-4-6-16(19)14-26-18-7-2-1-3-8-18/h1-9,17,23H,10-15H2,(H,21,24)/t17-/m0/s1. The van der Waals surface area contributed by atoms with Gasteiger partial charge in [-0.15, -0.1) is 0 Å². The second-order valence-corrected chi connectivity index (χ2v) is 6.12. The molecule has 1 saturated heterocycles. The molecule has 6 heteroatoms. The van der Waals surface area contributed by atoms with E-state index in [9.17, 15) is 9.90 Å². The fraction of sp³-hybridized carbons (Fsp3) is 0.350. The number of morpholine rings is 1. The highest BCUT2D eigenvalue weighted by atomic mass is 16.5. The topological polar surface area (TPSA) is 71.0 Å². The molecule has 2 aromatic rings. The minimum atomic E-state index is -0.182. The number of nitrogens with one attached hydrogen (secondary N) is 1. The van der Waals surface area contributed by atoms with Crippen LogP contribution in [0.4, 0.5) is 10.5 Å². The van der Waals surface area contributed by atoms with Gasteiger partial charge in [0.05, 0.1) is 19.3 Å². The summed E-state index contributed by atoms with van der Waals surface area (Å²) in [6, 6.07) is 16.9. The minimum absolute atomic E-state index is 0.0271. The summed E-state index contributed by atoms with van der Waals surface area (Å²) in [5.41, 5.74) is 1.62. The number of ether oxygens (including phenoxy) is 2. The lowest BCUT2D eigenvalue weighted by atomic mass is 10.1. The van der Waals surface area contributed by atoms with Gasteiger partial charge in [-0.2, -0.15) is 0 Å². The first-order valence-corrected chi connectivity index (χ1v) is 8.80. The zero-order valence-corrected chi connectivity index (χ0v) is 14.6. The van der Waals surface area contributed by atoms with E-state index in [2.05, 4.69) is 5.32 Å². The average molecular weight is 356 g/mol. The van der Waals surface area contributed by atoms with E-state index >= 15 is 0 Å². The smallest absolute Gasteiger partial charge is 0.322 e. The van der Waals surface area contributed by atoms with Gasteiger partial charge in [-0.25, -0.2) is 4.79 Å². The Morgan fingerprint density at radius 2 is 1.96 bits per heavy atom. The molecule has 2 aromatic carbocycles. The van der Waals surface area contributed by atoms with Gasteiger partial charge in [-0.05, 0) is 24.6 Å². The summed E-state index contributed by atoms with van der Waals surface area (Å²) in [6.07, 6.45) is 0.506. The van der Waals surface area contributed by atoms with Crippen molar-refractivity contribution >= 4 is 11.7 Å². The van der Waals surface area contributed by atoms with Gasteiger partial charge in [0.15, 0.2) is 0 Å². The quantitative estimate of drug-likeness (QED) is 0.835. The van der Waals surface area contributed by atoms with E-state index in [-0.39, 0.29) is 18.7 Å². The van der Waals surface area contributed by atoms with Crippen molar-refractivity contribution in [1.82, 2.24) is 4.90 Å². The lowest BCUT2D eigenvalue weighted by Crippen LogP contribution is -2.50. The molecule has 6 nitrogen and oxygen atoms in total. The molecule has 0 saturated carbocycles. The average Bonchev–Trinajstić information content (AvgIpc) is 2.69. The summed E-state index contributed by atoms with van der Waals surface area (Å²) in [5.74, 6) is 0.782. The van der Waals surface area contributed by atoms with Gasteiger partial charge >= 0.3 is 6.03 Å². The van der Waals surface area contributed by atoms with Crippen LogP contribution in [-0.2, 0) is 11.3 Å². The number of aliphatic hydroxyl groups excluding tert-OH is 1. The van der Waals surface area contributed by atoms with Crippen molar-refractivity contribution in [3.63, 3.8) is 0 Å². The van der Waals surface area contributed by atoms with Gasteiger partial charge in [0.2, 0.25) is 0 Å². The number of urea groups is 1. The Labute approximate surface area is 153 Å². The summed E-state index contributed by atoms with van der Waals surface area (Å²) < 4.78 is 11.2. The third kappa shape index (κ3) is 4.74. The van der Waals surface area contributed by atoms with Crippen molar-refractivity contribution in [3.05, 3.63) is 60.2 Å². The molecule has 1 aliphatic rings. The first-order chi connectivity index (χ1) is 12.8. The van der Waals surface area contributed by atoms with Crippen LogP contribution in [0.5, 0.6) is 5.75 Å². The van der Waals surface area contributed by atoms with Crippen LogP contribution in [0, 0.1) is 0 Å². The Kier molecular flexibility index (Phi) is 6.46. The molecule has 0 aromatic heterocycles. The van der Waals surface area contributed by atoms with Gasteiger partial charge in [-0.3, -0.25) is 0 Å². The lowest BCUT2D eigenvalue weighted by molar-refractivity contribution is 0.00727. The van der Waals surface area contributed by atoms with E-state index in [4.69, 9.17) is 9.47 Å². The Morgan fingerprint density at radius 1 is 1.19 bits per heavy atom. The maximum Gasteiger partial charge on any atom is 0.322 e. The first kappa shape index (κ1) is 18.2. The van der Waals surface area contributed by atoms with Gasteiger partial charge in [0.25, 0.3) is 0 Å². The van der Waals surface area contributed by atoms with E-state index in [0.29, 0.717) is 32.8 Å². The third-order valence-corrected chi connectivity index (χ3v) is 4.35. The van der Waals surface area contributed by atoms with Crippen molar-refractivity contribution in [3.8, 4) is 5.75 Å². The van der Waals surface area contributed by atoms with Crippen LogP contribution >= 0.6 is 0 Å². The molecule has 1 fully saturated rings. The molecule has 0 radical (unpaired) electrons. The molecule has 1 atom stereocenters. The van der Waals surface area contributed by atoms with Crippen molar-refractivity contribution in [1.29, 1.82) is 0 Å². The predicted octanol–water partition coefficient (Wildman–Crippen LogP) is 2.88. The van der Waals surface area contributed by atoms with E-state index in [0.717, 1.165) is 17.0 Å². The molecule has 26 heavy (non-hydrogen) atoms. The molecule has 2 N–H and O–H groups in total. The summed E-state index contributed by atoms with van der Waals surface area (Å²) >= 11 is 0. The van der Waals surface area contributed by atoms with Crippen LogP contribution in [0.15, 0.2) is 54.6 Å². The lowest BCUT2D eigenvalue weighted by Gasteiger charge is -2.35. The number of aliphatic hydroxyl groups is 1. The van der Waals surface area contributed by atoms with Crippen LogP contribution in [0.25, 0.3) is 0 Å². The molecular formula is C20H24N2O4. The highest BCUT2D eigenvalue weighted by Crippen LogP contribution is 2.20. The fourth-order valence-electron chi connectivity index (χ4n) is 2.94. The Balaban J connectivity index is 1.66. The molecule has 2 amide bonds. The molecule has 138 valence electrons. The van der Waals surface area contributed by atoms with Crippen molar-refractivity contribution in [2.45, 2.75) is 19.1 Å². The maximum absolute atomic E-state index is 12.7. The van der Waals surface area contributed by atoms with E-state index in [1.54, 1.807) is 4.90 Å². The van der Waals surface area contributed by atoms with E-state index in [1.807, 2.05) is 54.6 Å². The minimum Gasteiger partial charge on any atom is -0.489 e. The number of hydrogen-bond acceptors (Lipinski definition) is 4. The van der Waals surface area contributed by atoms with Crippen LogP contribution in [0.2, 0.25) is 0 Å². The van der Waals surface area contributed by atoms with Crippen LogP contribution in [-0.4, -0.2) is 48.4 Å². The molecule has 0 unspecified atom stereocenters. The van der Waals surface area contributed by atoms with Crippen LogP contribution in [0.3, 0.4) is 0 Å². The van der Waals surface area contributed by atoms with Gasteiger partial charge in [0, 0.05) is 24.4 Å². The van der Waals surface area contributed by atoms with Crippen LogP contribution < -0.4 is 10.1 Å². The number of hydrogen-bond donors (Lipinski definition) is 2. The van der Waals surface area contributed by atoms with Gasteiger partial charge in [-0.1, -0.05) is 36.4 Å². The largest absolute Gasteiger partial charge is 0.489 e. The third-order valence-electron chi connectivity index (χ3n) is 4.35. The number of carbonyl (C=O) groups is 1. The van der Waals surface area contributed by atoms with Crippen LogP contribution in [0.1, 0.15) is 12.0 Å². The highest BCUT2D eigenvalue weighted by molar-refractivity contribution is 5.90. The number of rotatable bonds is 6. The molecule has 0 spiro atoms. The first-order valence-electron chi connectivity index (χ1n) is 8.80. The second kappa shape index (κ2) is 9.22. The zero-order valence-electron chi connectivity index (χ0n) is 14.6. The Morgan fingerprint density at radius 3 is 2.77 bits per heavy atom. The Bertz CT molecular complexity index is 706. The second-order valence-electron chi connectivity index (χ2n) is 6.12. The predicted molar refractivity (Wildman–Crippen MR) is 99.3 cm³/mol. The number of benzene rings is 2. The summed E-state index contributed by atoms with van der Waals surface area (Å²) in [4.78, 5) is 14.4. The monoisotopic (exact) mass is 356 g/mol.